The molecule has 0 spiro atoms. The van der Waals surface area contributed by atoms with Gasteiger partial charge in [-0.3, -0.25) is 9.89 Å². The second kappa shape index (κ2) is 14.7. The molecule has 45 heavy (non-hydrogen) atoms. The third kappa shape index (κ3) is 8.08. The van der Waals surface area contributed by atoms with E-state index in [1.54, 1.807) is 62.6 Å². The number of alkyl halides is 3. The van der Waals surface area contributed by atoms with E-state index in [4.69, 9.17) is 43.4 Å². The molecule has 0 aromatic heterocycles. The summed E-state index contributed by atoms with van der Waals surface area (Å²) in [6.07, 6.45) is -5.91. The highest BCUT2D eigenvalue weighted by Gasteiger charge is 2.43. The summed E-state index contributed by atoms with van der Waals surface area (Å²) < 4.78 is 50.5. The summed E-state index contributed by atoms with van der Waals surface area (Å²) in [5.41, 5.74) is 7.04. The Balaban J connectivity index is 0.000000392. The Bertz CT molecular complexity index is 1630. The molecule has 2 unspecified atom stereocenters. The monoisotopic (exact) mass is 659 g/mol. The lowest BCUT2D eigenvalue weighted by Gasteiger charge is -2.27. The summed E-state index contributed by atoms with van der Waals surface area (Å²) in [6, 6.07) is 22.6. The van der Waals surface area contributed by atoms with Crippen molar-refractivity contribution in [3.63, 3.8) is 0 Å². The summed E-state index contributed by atoms with van der Waals surface area (Å²) in [5, 5.41) is 11.2. The third-order valence-electron chi connectivity index (χ3n) is 6.92. The van der Waals surface area contributed by atoms with Crippen molar-refractivity contribution in [2.24, 2.45) is 10.7 Å². The largest absolute Gasteiger partial charge is 0.497 e. The summed E-state index contributed by atoms with van der Waals surface area (Å²) in [5.74, 6) is 0.733. The number of hydrogen-bond donors (Lipinski definition) is 2. The van der Waals surface area contributed by atoms with Gasteiger partial charge >= 0.3 is 12.3 Å². The molecule has 4 aromatic rings. The van der Waals surface area contributed by atoms with Crippen LogP contribution in [-0.4, -0.2) is 35.7 Å². The molecule has 12 heteroatoms. The summed E-state index contributed by atoms with van der Waals surface area (Å²) >= 11 is 12.1. The van der Waals surface area contributed by atoms with E-state index >= 15 is 0 Å². The van der Waals surface area contributed by atoms with Gasteiger partial charge in [0.1, 0.15) is 23.4 Å². The fourth-order valence-corrected chi connectivity index (χ4v) is 5.06. The van der Waals surface area contributed by atoms with Crippen molar-refractivity contribution in [2.45, 2.75) is 31.7 Å². The van der Waals surface area contributed by atoms with Crippen molar-refractivity contribution in [1.29, 1.82) is 0 Å². The van der Waals surface area contributed by atoms with Gasteiger partial charge in [-0.25, -0.2) is 4.79 Å². The van der Waals surface area contributed by atoms with Gasteiger partial charge < -0.3 is 20.3 Å². The van der Waals surface area contributed by atoms with Crippen LogP contribution in [-0.2, 0) is 12.7 Å². The molecule has 236 valence electrons. The predicted octanol–water partition coefficient (Wildman–Crippen LogP) is 8.79. The second-order valence-electron chi connectivity index (χ2n) is 9.80. The summed E-state index contributed by atoms with van der Waals surface area (Å²) in [4.78, 5) is 18.3. The molecule has 5 rings (SSSR count). The molecule has 2 atom stereocenters. The molecule has 1 amide bonds. The van der Waals surface area contributed by atoms with Crippen LogP contribution >= 0.6 is 23.2 Å². The number of carbonyl (C=O) groups is 1. The highest BCUT2D eigenvalue weighted by atomic mass is 35.5. The van der Waals surface area contributed by atoms with E-state index in [-0.39, 0.29) is 23.8 Å². The molecule has 0 bridgehead atoms. The number of carboxylic acid groups (broad SMARTS) is 1. The second-order valence-corrected chi connectivity index (χ2v) is 10.7. The fraction of sp³-hybridized carbons (Fsp3) is 0.212. The first-order valence-electron chi connectivity index (χ1n) is 13.7. The molecule has 0 radical (unpaired) electrons. The smallest absolute Gasteiger partial charge is 0.416 e. The van der Waals surface area contributed by atoms with Gasteiger partial charge in [0, 0.05) is 16.6 Å². The fourth-order valence-electron chi connectivity index (χ4n) is 4.81. The van der Waals surface area contributed by atoms with Crippen molar-refractivity contribution in [2.75, 3.05) is 13.7 Å². The Kier molecular flexibility index (Phi) is 11.0. The normalized spacial score (nSPS) is 16.0. The number of halogens is 5. The van der Waals surface area contributed by atoms with Gasteiger partial charge in [0.15, 0.2) is 0 Å². The molecule has 7 nitrogen and oxygen atoms in total. The summed E-state index contributed by atoms with van der Waals surface area (Å²) in [6.45, 7) is 2.27. The number of rotatable bonds is 7. The first-order chi connectivity index (χ1) is 21.5. The minimum atomic E-state index is -4.59. The number of benzene rings is 4. The van der Waals surface area contributed by atoms with Crippen LogP contribution in [0.15, 0.2) is 96.0 Å². The van der Waals surface area contributed by atoms with E-state index in [9.17, 15) is 23.1 Å². The first-order valence-corrected chi connectivity index (χ1v) is 14.5. The molecular formula is C33H30Cl2F3N3O4. The molecular weight excluding hydrogens is 630 g/mol. The number of nitrogens with zero attached hydrogens (tertiary/aromatic N) is 2. The maximum absolute atomic E-state index is 13.3. The van der Waals surface area contributed by atoms with Crippen molar-refractivity contribution in [1.82, 2.24) is 4.90 Å². The first kappa shape index (κ1) is 33.6. The van der Waals surface area contributed by atoms with Crippen LogP contribution in [0.5, 0.6) is 11.5 Å². The lowest BCUT2D eigenvalue weighted by molar-refractivity contribution is -0.137. The van der Waals surface area contributed by atoms with E-state index in [0.717, 1.165) is 28.3 Å². The average molecular weight is 661 g/mol. The molecule has 0 fully saturated rings. The minimum Gasteiger partial charge on any atom is -0.497 e. The van der Waals surface area contributed by atoms with Crippen molar-refractivity contribution < 1.29 is 32.5 Å². The lowest BCUT2D eigenvalue weighted by Crippen LogP contribution is -2.37. The molecule has 1 aliphatic rings. The van der Waals surface area contributed by atoms with Crippen LogP contribution in [0.2, 0.25) is 10.0 Å². The zero-order valence-corrected chi connectivity index (χ0v) is 25.8. The highest BCUT2D eigenvalue weighted by Crippen LogP contribution is 2.45. The minimum absolute atomic E-state index is 0.0189. The Morgan fingerprint density at radius 3 is 2.11 bits per heavy atom. The number of ether oxygens (including phenoxy) is 2. The van der Waals surface area contributed by atoms with Crippen molar-refractivity contribution in [3.05, 3.63) is 129 Å². The molecule has 3 N–H and O–H groups in total. The van der Waals surface area contributed by atoms with Gasteiger partial charge in [-0.2, -0.15) is 13.2 Å². The highest BCUT2D eigenvalue weighted by molar-refractivity contribution is 6.30. The zero-order valence-electron chi connectivity index (χ0n) is 24.3. The number of methoxy groups -OCH3 is 1. The number of amidine groups is 1. The van der Waals surface area contributed by atoms with E-state index < -0.39 is 29.9 Å². The zero-order chi connectivity index (χ0) is 32.7. The molecule has 1 heterocycles. The van der Waals surface area contributed by atoms with Gasteiger partial charge in [-0.15, -0.1) is 0 Å². The maximum atomic E-state index is 13.3. The van der Waals surface area contributed by atoms with Gasteiger partial charge in [0.05, 0.1) is 30.9 Å². The van der Waals surface area contributed by atoms with Crippen molar-refractivity contribution >= 4 is 35.1 Å². The third-order valence-corrected chi connectivity index (χ3v) is 7.42. The average Bonchev–Trinajstić information content (AvgIpc) is 3.42. The van der Waals surface area contributed by atoms with E-state index in [1.165, 1.54) is 6.07 Å². The molecule has 0 aliphatic carbocycles. The molecule has 0 saturated carbocycles. The number of nitrogens with two attached hydrogens (primary N) is 1. The van der Waals surface area contributed by atoms with Crippen LogP contribution in [0.1, 0.15) is 46.8 Å². The Morgan fingerprint density at radius 1 is 0.956 bits per heavy atom. The number of aliphatic imine (C=N–C) groups is 1. The van der Waals surface area contributed by atoms with E-state index in [1.807, 2.05) is 24.3 Å². The Morgan fingerprint density at radius 2 is 1.58 bits per heavy atom. The Hall–Kier alpha value is -4.25. The van der Waals surface area contributed by atoms with Crippen LogP contribution in [0.3, 0.4) is 0 Å². The molecule has 0 saturated heterocycles. The van der Waals surface area contributed by atoms with Crippen LogP contribution in [0.4, 0.5) is 18.0 Å². The standard InChI is InChI=1S/C25H19Cl2F3N2O3.C8H11NO/c1-2-35-20-13-16(25(28,29)30)7-12-19(20)23-31-21(14-3-8-17(26)9-4-14)22(32(23)24(33)34)15-5-10-18(27)11-6-15;1-10-8-4-2-3-7(5-8)6-9/h3-13,21-22H,2H2,1H3,(H,33,34);2-5H,6,9H2,1H3. The van der Waals surface area contributed by atoms with Gasteiger partial charge in [-0.1, -0.05) is 59.6 Å². The van der Waals surface area contributed by atoms with Crippen LogP contribution in [0, 0.1) is 0 Å². The van der Waals surface area contributed by atoms with Gasteiger partial charge in [-0.05, 0) is 78.2 Å². The van der Waals surface area contributed by atoms with Crippen molar-refractivity contribution in [3.8, 4) is 11.5 Å². The predicted molar refractivity (Wildman–Crippen MR) is 168 cm³/mol. The number of hydrogen-bond acceptors (Lipinski definition) is 5. The topological polar surface area (TPSA) is 97.4 Å². The molecule has 1 aliphatic heterocycles. The Labute approximate surface area is 268 Å². The lowest BCUT2D eigenvalue weighted by atomic mass is 9.94. The molecule has 4 aromatic carbocycles. The SMILES string of the molecule is CCOc1cc(C(F)(F)F)ccc1C1=NC(c2ccc(Cl)cc2)C(c2ccc(Cl)cc2)N1C(=O)O.COc1cccc(CN)c1. The van der Waals surface area contributed by atoms with Crippen LogP contribution in [0.25, 0.3) is 0 Å². The van der Waals surface area contributed by atoms with Gasteiger partial charge in [0.2, 0.25) is 0 Å². The van der Waals surface area contributed by atoms with E-state index in [2.05, 4.69) is 0 Å². The maximum Gasteiger partial charge on any atom is 0.416 e. The van der Waals surface area contributed by atoms with Crippen LogP contribution < -0.4 is 15.2 Å². The summed E-state index contributed by atoms with van der Waals surface area (Å²) in [7, 11) is 1.65. The quantitative estimate of drug-likeness (QED) is 0.207. The van der Waals surface area contributed by atoms with E-state index in [0.29, 0.717) is 27.7 Å². The number of amides is 1. The van der Waals surface area contributed by atoms with Gasteiger partial charge in [0.25, 0.3) is 0 Å².